The summed E-state index contributed by atoms with van der Waals surface area (Å²) in [5, 5.41) is 0. The Morgan fingerprint density at radius 3 is 2.57 bits per heavy atom. The van der Waals surface area contributed by atoms with Crippen LogP contribution < -0.4 is 0 Å². The van der Waals surface area contributed by atoms with Crippen LogP contribution in [0.15, 0.2) is 36.1 Å². The number of allylic oxidation sites excluding steroid dienone is 4. The Morgan fingerprint density at radius 2 is 2.04 bits per heavy atom. The van der Waals surface area contributed by atoms with Gasteiger partial charge in [-0.3, -0.25) is 0 Å². The van der Waals surface area contributed by atoms with Gasteiger partial charge in [-0.15, -0.1) is 12.3 Å². The molecule has 3 unspecified atom stereocenters. The van der Waals surface area contributed by atoms with Crippen molar-refractivity contribution in [1.29, 1.82) is 0 Å². The first-order chi connectivity index (χ1) is 13.2. The Morgan fingerprint density at radius 1 is 1.32 bits per heavy atom. The average Bonchev–Trinajstić information content (AvgIpc) is 2.64. The molecule has 158 valence electrons. The van der Waals surface area contributed by atoms with Crippen molar-refractivity contribution in [3.63, 3.8) is 0 Å². The number of hydrogen-bond donors (Lipinski definition) is 0. The number of nitrogens with zero attached hydrogens (tertiary/aromatic N) is 1. The summed E-state index contributed by atoms with van der Waals surface area (Å²) in [6.45, 7) is 15.9. The van der Waals surface area contributed by atoms with Crippen LogP contribution in [0.1, 0.15) is 92.4 Å². The summed E-state index contributed by atoms with van der Waals surface area (Å²) in [5.74, 6) is 4.10. The second-order valence-corrected chi connectivity index (χ2v) is 10.1. The summed E-state index contributed by atoms with van der Waals surface area (Å²) >= 11 is 0. The van der Waals surface area contributed by atoms with Crippen molar-refractivity contribution in [3.05, 3.63) is 36.1 Å². The van der Waals surface area contributed by atoms with Gasteiger partial charge in [0.1, 0.15) is 0 Å². The number of hydrogen-bond acceptors (Lipinski definition) is 1. The second kappa shape index (κ2) is 12.2. The van der Waals surface area contributed by atoms with E-state index in [9.17, 15) is 0 Å². The summed E-state index contributed by atoms with van der Waals surface area (Å²) in [6.07, 6.45) is 23.4. The van der Waals surface area contributed by atoms with Crippen molar-refractivity contribution in [1.82, 2.24) is 4.90 Å². The Bertz CT molecular complexity index is 566. The van der Waals surface area contributed by atoms with Crippen molar-refractivity contribution in [3.8, 4) is 12.3 Å². The molecule has 0 fully saturated rings. The number of terminal acetylenes is 1. The van der Waals surface area contributed by atoms with E-state index in [4.69, 9.17) is 6.42 Å². The molecule has 1 aliphatic rings. The van der Waals surface area contributed by atoms with E-state index in [1.54, 1.807) is 0 Å². The predicted octanol–water partition coefficient (Wildman–Crippen LogP) is 7.76. The molecule has 0 saturated heterocycles. The fourth-order valence-electron chi connectivity index (χ4n) is 4.23. The van der Waals surface area contributed by atoms with Gasteiger partial charge in [-0.05, 0) is 56.8 Å². The molecule has 28 heavy (non-hydrogen) atoms. The highest BCUT2D eigenvalue weighted by molar-refractivity contribution is 5.23. The lowest BCUT2D eigenvalue weighted by molar-refractivity contribution is 0.259. The Hall–Kier alpha value is -1.42. The SMILES string of the molecule is C#CC(CC(CCCC)CC(=C)N(C)C(C)CC1=CCCC=C1)CC(C)(C)C. The fraction of sp³-hybridized carbons (Fsp3) is 0.704. The first kappa shape index (κ1) is 24.6. The van der Waals surface area contributed by atoms with Crippen LogP contribution in [0.5, 0.6) is 0 Å². The lowest BCUT2D eigenvalue weighted by Crippen LogP contribution is -2.29. The molecule has 0 saturated carbocycles. The fourth-order valence-corrected chi connectivity index (χ4v) is 4.23. The van der Waals surface area contributed by atoms with Crippen molar-refractivity contribution in [2.45, 2.75) is 98.4 Å². The van der Waals surface area contributed by atoms with Crippen LogP contribution in [-0.4, -0.2) is 18.0 Å². The van der Waals surface area contributed by atoms with E-state index in [1.165, 1.54) is 43.4 Å². The standard InChI is InChI=1S/C27H45N/c1-9-11-15-26(20-24(10-2)21-27(5,6)7)19-23(4)28(8)22(3)18-25-16-13-12-14-17-25/h2,13,16-17,22,24,26H,4,9,11-12,14-15,18-21H2,1,3,5-8H3. The largest absolute Gasteiger partial charge is 0.375 e. The molecule has 0 bridgehead atoms. The molecule has 0 aromatic rings. The average molecular weight is 384 g/mol. The van der Waals surface area contributed by atoms with Gasteiger partial charge in [-0.2, -0.15) is 0 Å². The van der Waals surface area contributed by atoms with Gasteiger partial charge >= 0.3 is 0 Å². The molecule has 1 heteroatoms. The minimum absolute atomic E-state index is 0.288. The smallest absolute Gasteiger partial charge is 0.0295 e. The summed E-state index contributed by atoms with van der Waals surface area (Å²) in [4.78, 5) is 2.40. The first-order valence-electron chi connectivity index (χ1n) is 11.4. The quantitative estimate of drug-likeness (QED) is 0.311. The van der Waals surface area contributed by atoms with E-state index in [2.05, 4.69) is 77.3 Å². The van der Waals surface area contributed by atoms with E-state index < -0.39 is 0 Å². The molecule has 0 heterocycles. The van der Waals surface area contributed by atoms with Gasteiger partial charge in [0.2, 0.25) is 0 Å². The molecule has 3 atom stereocenters. The molecule has 0 spiro atoms. The highest BCUT2D eigenvalue weighted by atomic mass is 15.1. The number of rotatable bonds is 12. The third kappa shape index (κ3) is 9.68. The summed E-state index contributed by atoms with van der Waals surface area (Å²) < 4.78 is 0. The molecular formula is C27H45N. The molecule has 1 nitrogen and oxygen atoms in total. The monoisotopic (exact) mass is 383 g/mol. The van der Waals surface area contributed by atoms with E-state index in [0.29, 0.717) is 17.9 Å². The first-order valence-corrected chi connectivity index (χ1v) is 11.4. The van der Waals surface area contributed by atoms with Gasteiger partial charge in [0.05, 0.1) is 0 Å². The zero-order valence-electron chi connectivity index (χ0n) is 19.6. The molecule has 1 rings (SSSR count). The van der Waals surface area contributed by atoms with E-state index in [1.807, 2.05) is 0 Å². The molecular weight excluding hydrogens is 338 g/mol. The topological polar surface area (TPSA) is 3.24 Å². The Balaban J connectivity index is 2.67. The maximum atomic E-state index is 5.90. The van der Waals surface area contributed by atoms with Crippen molar-refractivity contribution in [2.24, 2.45) is 17.3 Å². The highest BCUT2D eigenvalue weighted by Crippen LogP contribution is 2.32. The van der Waals surface area contributed by atoms with Crippen molar-refractivity contribution in [2.75, 3.05) is 7.05 Å². The predicted molar refractivity (Wildman–Crippen MR) is 126 cm³/mol. The normalized spacial score (nSPS) is 17.4. The Kier molecular flexibility index (Phi) is 10.7. The van der Waals surface area contributed by atoms with Gasteiger partial charge in [0.15, 0.2) is 0 Å². The third-order valence-electron chi connectivity index (χ3n) is 5.97. The van der Waals surface area contributed by atoms with Gasteiger partial charge in [-0.1, -0.05) is 77.3 Å². The third-order valence-corrected chi connectivity index (χ3v) is 5.97. The summed E-state index contributed by atoms with van der Waals surface area (Å²) in [6, 6.07) is 0.478. The zero-order chi connectivity index (χ0) is 21.2. The molecule has 0 aromatic carbocycles. The van der Waals surface area contributed by atoms with Crippen LogP contribution in [0.4, 0.5) is 0 Å². The maximum absolute atomic E-state index is 5.90. The molecule has 0 aromatic heterocycles. The van der Waals surface area contributed by atoms with E-state index >= 15 is 0 Å². The van der Waals surface area contributed by atoms with E-state index in [-0.39, 0.29) is 5.41 Å². The molecule has 0 radical (unpaired) electrons. The minimum atomic E-state index is 0.288. The summed E-state index contributed by atoms with van der Waals surface area (Å²) in [5.41, 5.74) is 3.02. The van der Waals surface area contributed by atoms with Gasteiger partial charge in [0.25, 0.3) is 0 Å². The van der Waals surface area contributed by atoms with Crippen LogP contribution in [0, 0.1) is 29.6 Å². The Labute approximate surface area is 176 Å². The van der Waals surface area contributed by atoms with Crippen molar-refractivity contribution < 1.29 is 0 Å². The van der Waals surface area contributed by atoms with Gasteiger partial charge < -0.3 is 4.90 Å². The van der Waals surface area contributed by atoms with Gasteiger partial charge in [-0.25, -0.2) is 0 Å². The van der Waals surface area contributed by atoms with Crippen LogP contribution in [0.25, 0.3) is 0 Å². The summed E-state index contributed by atoms with van der Waals surface area (Å²) in [7, 11) is 2.21. The van der Waals surface area contributed by atoms with Crippen LogP contribution in [0.2, 0.25) is 0 Å². The molecule has 0 N–H and O–H groups in total. The molecule has 1 aliphatic carbocycles. The van der Waals surface area contributed by atoms with Crippen LogP contribution in [0.3, 0.4) is 0 Å². The number of unbranched alkanes of at least 4 members (excludes halogenated alkanes) is 1. The maximum Gasteiger partial charge on any atom is 0.0295 e. The van der Waals surface area contributed by atoms with Crippen LogP contribution >= 0.6 is 0 Å². The zero-order valence-corrected chi connectivity index (χ0v) is 19.6. The highest BCUT2D eigenvalue weighted by Gasteiger charge is 2.23. The molecule has 0 aliphatic heterocycles. The lowest BCUT2D eigenvalue weighted by Gasteiger charge is -2.33. The minimum Gasteiger partial charge on any atom is -0.375 e. The van der Waals surface area contributed by atoms with E-state index in [0.717, 1.165) is 25.7 Å². The van der Waals surface area contributed by atoms with Gasteiger partial charge in [0, 0.05) is 24.7 Å². The molecule has 0 amide bonds. The second-order valence-electron chi connectivity index (χ2n) is 10.1. The van der Waals surface area contributed by atoms with Crippen molar-refractivity contribution >= 4 is 0 Å². The lowest BCUT2D eigenvalue weighted by atomic mass is 9.79. The van der Waals surface area contributed by atoms with Crippen LogP contribution in [-0.2, 0) is 0 Å².